The van der Waals surface area contributed by atoms with Crippen molar-refractivity contribution in [2.45, 2.75) is 27.7 Å². The highest BCUT2D eigenvalue weighted by Crippen LogP contribution is 2.13. The first-order valence-electron chi connectivity index (χ1n) is 5.58. The highest BCUT2D eigenvalue weighted by Gasteiger charge is 2.08. The van der Waals surface area contributed by atoms with Crippen LogP contribution in [-0.2, 0) is 4.79 Å². The van der Waals surface area contributed by atoms with E-state index >= 15 is 0 Å². The minimum Gasteiger partial charge on any atom is -0.332 e. The standard InChI is InChI=1S/C13H18N2OS/c1-8(2)12(16)15-13(17)14-11-6-9(3)5-10(4)7-11/h5-8H,1-4H3,(H2,14,15,16,17). The van der Waals surface area contributed by atoms with E-state index in [1.54, 1.807) is 0 Å². The predicted octanol–water partition coefficient (Wildman–Crippen LogP) is 2.77. The molecule has 17 heavy (non-hydrogen) atoms. The zero-order valence-electron chi connectivity index (χ0n) is 10.6. The topological polar surface area (TPSA) is 41.1 Å². The first-order chi connectivity index (χ1) is 7.88. The fourth-order valence-electron chi connectivity index (χ4n) is 1.47. The Morgan fingerprint density at radius 3 is 2.18 bits per heavy atom. The van der Waals surface area contributed by atoms with Gasteiger partial charge in [0.25, 0.3) is 0 Å². The number of benzene rings is 1. The summed E-state index contributed by atoms with van der Waals surface area (Å²) in [5.41, 5.74) is 3.22. The molecule has 0 unspecified atom stereocenters. The summed E-state index contributed by atoms with van der Waals surface area (Å²) < 4.78 is 0. The maximum absolute atomic E-state index is 11.4. The van der Waals surface area contributed by atoms with Crippen molar-refractivity contribution < 1.29 is 4.79 Å². The number of anilines is 1. The van der Waals surface area contributed by atoms with Gasteiger partial charge in [-0.15, -0.1) is 0 Å². The molecule has 0 saturated carbocycles. The van der Waals surface area contributed by atoms with Crippen molar-refractivity contribution in [3.05, 3.63) is 29.3 Å². The van der Waals surface area contributed by atoms with E-state index in [1.807, 2.05) is 39.8 Å². The summed E-state index contributed by atoms with van der Waals surface area (Å²) in [6.07, 6.45) is 0. The van der Waals surface area contributed by atoms with Gasteiger partial charge < -0.3 is 10.6 Å². The van der Waals surface area contributed by atoms with Crippen LogP contribution >= 0.6 is 12.2 Å². The normalized spacial score (nSPS) is 10.2. The van der Waals surface area contributed by atoms with Crippen LogP contribution in [0.4, 0.5) is 5.69 Å². The van der Waals surface area contributed by atoms with Gasteiger partial charge in [-0.25, -0.2) is 0 Å². The van der Waals surface area contributed by atoms with Crippen molar-refractivity contribution in [2.75, 3.05) is 5.32 Å². The average molecular weight is 250 g/mol. The Bertz CT molecular complexity index is 421. The van der Waals surface area contributed by atoms with Gasteiger partial charge in [0.05, 0.1) is 0 Å². The number of aryl methyl sites for hydroxylation is 2. The van der Waals surface area contributed by atoms with Gasteiger partial charge in [-0.3, -0.25) is 4.79 Å². The fraction of sp³-hybridized carbons (Fsp3) is 0.385. The van der Waals surface area contributed by atoms with Gasteiger partial charge in [0.1, 0.15) is 0 Å². The molecule has 0 aliphatic rings. The predicted molar refractivity (Wildman–Crippen MR) is 75.1 cm³/mol. The molecule has 92 valence electrons. The number of hydrogen-bond acceptors (Lipinski definition) is 2. The van der Waals surface area contributed by atoms with Crippen molar-refractivity contribution >= 4 is 28.9 Å². The van der Waals surface area contributed by atoms with Crippen LogP contribution in [0.1, 0.15) is 25.0 Å². The van der Waals surface area contributed by atoms with E-state index in [-0.39, 0.29) is 11.8 Å². The summed E-state index contributed by atoms with van der Waals surface area (Å²) in [7, 11) is 0. The maximum Gasteiger partial charge on any atom is 0.228 e. The Labute approximate surface area is 108 Å². The van der Waals surface area contributed by atoms with Gasteiger partial charge >= 0.3 is 0 Å². The number of carbonyl (C=O) groups excluding carboxylic acids is 1. The van der Waals surface area contributed by atoms with E-state index in [2.05, 4.69) is 16.7 Å². The molecule has 1 amide bonds. The molecule has 0 spiro atoms. The largest absolute Gasteiger partial charge is 0.332 e. The van der Waals surface area contributed by atoms with E-state index in [0.29, 0.717) is 5.11 Å². The van der Waals surface area contributed by atoms with Gasteiger partial charge in [0.2, 0.25) is 5.91 Å². The molecular weight excluding hydrogens is 232 g/mol. The van der Waals surface area contributed by atoms with E-state index in [9.17, 15) is 4.79 Å². The van der Waals surface area contributed by atoms with Gasteiger partial charge in [0.15, 0.2) is 5.11 Å². The molecule has 1 rings (SSSR count). The summed E-state index contributed by atoms with van der Waals surface area (Å²) >= 11 is 5.08. The summed E-state index contributed by atoms with van der Waals surface area (Å²) in [6.45, 7) is 7.70. The molecule has 0 bridgehead atoms. The molecule has 0 atom stereocenters. The quantitative estimate of drug-likeness (QED) is 0.793. The monoisotopic (exact) mass is 250 g/mol. The van der Waals surface area contributed by atoms with Gasteiger partial charge in [-0.05, 0) is 49.3 Å². The molecule has 0 heterocycles. The van der Waals surface area contributed by atoms with Crippen LogP contribution in [0.25, 0.3) is 0 Å². The molecule has 0 fully saturated rings. The second-order valence-electron chi connectivity index (χ2n) is 4.47. The van der Waals surface area contributed by atoms with Crippen molar-refractivity contribution in [1.82, 2.24) is 5.32 Å². The summed E-state index contributed by atoms with van der Waals surface area (Å²) in [5, 5.41) is 6.00. The molecule has 0 aliphatic heterocycles. The number of nitrogens with one attached hydrogen (secondary N) is 2. The van der Waals surface area contributed by atoms with Gasteiger partial charge in [-0.1, -0.05) is 19.9 Å². The molecule has 4 heteroatoms. The fourth-order valence-corrected chi connectivity index (χ4v) is 1.68. The highest BCUT2D eigenvalue weighted by atomic mass is 32.1. The number of thiocarbonyl (C=S) groups is 1. The second-order valence-corrected chi connectivity index (χ2v) is 4.88. The van der Waals surface area contributed by atoms with Crippen LogP contribution < -0.4 is 10.6 Å². The van der Waals surface area contributed by atoms with E-state index in [1.165, 1.54) is 0 Å². The number of amides is 1. The lowest BCUT2D eigenvalue weighted by molar-refractivity contribution is -0.122. The zero-order chi connectivity index (χ0) is 13.0. The Hall–Kier alpha value is -1.42. The molecule has 0 aliphatic carbocycles. The van der Waals surface area contributed by atoms with Crippen LogP contribution in [0, 0.1) is 19.8 Å². The molecule has 2 N–H and O–H groups in total. The van der Waals surface area contributed by atoms with Crippen molar-refractivity contribution in [1.29, 1.82) is 0 Å². The van der Waals surface area contributed by atoms with Gasteiger partial charge in [0, 0.05) is 11.6 Å². The third kappa shape index (κ3) is 4.53. The average Bonchev–Trinajstić information content (AvgIpc) is 2.14. The van der Waals surface area contributed by atoms with Crippen LogP contribution in [0.5, 0.6) is 0 Å². The van der Waals surface area contributed by atoms with Crippen LogP contribution in [0.2, 0.25) is 0 Å². The lowest BCUT2D eigenvalue weighted by Gasteiger charge is -2.12. The smallest absolute Gasteiger partial charge is 0.228 e. The van der Waals surface area contributed by atoms with Crippen molar-refractivity contribution in [3.63, 3.8) is 0 Å². The summed E-state index contributed by atoms with van der Waals surface area (Å²) in [5.74, 6) is -0.152. The SMILES string of the molecule is Cc1cc(C)cc(NC(=S)NC(=O)C(C)C)c1. The molecular formula is C13H18N2OS. The number of carbonyl (C=O) groups is 1. The minimum absolute atomic E-state index is 0.0750. The molecule has 0 saturated heterocycles. The maximum atomic E-state index is 11.4. The first kappa shape index (κ1) is 13.6. The number of rotatable bonds is 2. The molecule has 0 radical (unpaired) electrons. The van der Waals surface area contributed by atoms with Crippen LogP contribution in [0.15, 0.2) is 18.2 Å². The number of hydrogen-bond donors (Lipinski definition) is 2. The van der Waals surface area contributed by atoms with Crippen LogP contribution in [-0.4, -0.2) is 11.0 Å². The Morgan fingerprint density at radius 1 is 1.18 bits per heavy atom. The molecule has 1 aromatic carbocycles. The first-order valence-corrected chi connectivity index (χ1v) is 5.99. The van der Waals surface area contributed by atoms with E-state index < -0.39 is 0 Å². The lowest BCUT2D eigenvalue weighted by atomic mass is 10.1. The second kappa shape index (κ2) is 5.77. The Balaban J connectivity index is 2.65. The Morgan fingerprint density at radius 2 is 1.71 bits per heavy atom. The van der Waals surface area contributed by atoms with Crippen LogP contribution in [0.3, 0.4) is 0 Å². The Kier molecular flexibility index (Phi) is 4.63. The highest BCUT2D eigenvalue weighted by molar-refractivity contribution is 7.80. The summed E-state index contributed by atoms with van der Waals surface area (Å²) in [4.78, 5) is 11.4. The minimum atomic E-state index is -0.0770. The zero-order valence-corrected chi connectivity index (χ0v) is 11.4. The van der Waals surface area contributed by atoms with E-state index in [0.717, 1.165) is 16.8 Å². The lowest BCUT2D eigenvalue weighted by Crippen LogP contribution is -2.36. The van der Waals surface area contributed by atoms with Crippen molar-refractivity contribution in [2.24, 2.45) is 5.92 Å². The molecule has 3 nitrogen and oxygen atoms in total. The van der Waals surface area contributed by atoms with Gasteiger partial charge in [-0.2, -0.15) is 0 Å². The third-order valence-electron chi connectivity index (χ3n) is 2.24. The summed E-state index contributed by atoms with van der Waals surface area (Å²) in [6, 6.07) is 6.06. The molecule has 1 aromatic rings. The molecule has 0 aromatic heterocycles. The van der Waals surface area contributed by atoms with Crippen molar-refractivity contribution in [3.8, 4) is 0 Å². The third-order valence-corrected chi connectivity index (χ3v) is 2.44. The van der Waals surface area contributed by atoms with E-state index in [4.69, 9.17) is 12.2 Å².